The Labute approximate surface area is 146 Å². The second kappa shape index (κ2) is 7.69. The molecule has 24 heavy (non-hydrogen) atoms. The highest BCUT2D eigenvalue weighted by molar-refractivity contribution is 5.77. The van der Waals surface area contributed by atoms with Gasteiger partial charge in [-0.3, -0.25) is 4.79 Å². The van der Waals surface area contributed by atoms with Crippen molar-refractivity contribution in [3.63, 3.8) is 0 Å². The van der Waals surface area contributed by atoms with Crippen molar-refractivity contribution in [3.05, 3.63) is 35.9 Å². The van der Waals surface area contributed by atoms with E-state index in [1.165, 1.54) is 12.0 Å². The highest BCUT2D eigenvalue weighted by Crippen LogP contribution is 2.40. The number of nitrogens with zero attached hydrogens (tertiary/aromatic N) is 1. The number of carbonyl (C=O) groups is 1. The Morgan fingerprint density at radius 3 is 2.58 bits per heavy atom. The van der Waals surface area contributed by atoms with Gasteiger partial charge in [0.25, 0.3) is 0 Å². The molecule has 2 aliphatic rings. The molecule has 2 saturated heterocycles. The first-order chi connectivity index (χ1) is 11.6. The van der Waals surface area contributed by atoms with Crippen molar-refractivity contribution in [2.45, 2.75) is 63.9 Å². The van der Waals surface area contributed by atoms with Crippen molar-refractivity contribution in [1.82, 2.24) is 4.90 Å². The molecule has 2 aliphatic heterocycles. The van der Waals surface area contributed by atoms with E-state index in [9.17, 15) is 4.79 Å². The maximum atomic E-state index is 12.9. The van der Waals surface area contributed by atoms with Crippen LogP contribution in [-0.4, -0.2) is 36.1 Å². The summed E-state index contributed by atoms with van der Waals surface area (Å²) in [5.41, 5.74) is 1.23. The van der Waals surface area contributed by atoms with Gasteiger partial charge >= 0.3 is 0 Å². The molecule has 0 aromatic heterocycles. The maximum absolute atomic E-state index is 12.9. The number of piperidine rings is 1. The van der Waals surface area contributed by atoms with Gasteiger partial charge in [-0.15, -0.1) is 0 Å². The Hall–Kier alpha value is -1.35. The van der Waals surface area contributed by atoms with Crippen LogP contribution in [0.3, 0.4) is 0 Å². The van der Waals surface area contributed by atoms with Crippen LogP contribution in [-0.2, 0) is 9.53 Å². The maximum Gasteiger partial charge on any atom is 0.223 e. The van der Waals surface area contributed by atoms with Crippen molar-refractivity contribution >= 4 is 5.91 Å². The summed E-state index contributed by atoms with van der Waals surface area (Å²) in [6.07, 6.45) is 6.30. The molecule has 1 aromatic rings. The van der Waals surface area contributed by atoms with Gasteiger partial charge in [-0.25, -0.2) is 0 Å². The molecular formula is C21H31NO2. The third-order valence-corrected chi connectivity index (χ3v) is 5.64. The lowest BCUT2D eigenvalue weighted by molar-refractivity contribution is -0.133. The molecule has 0 saturated carbocycles. The molecule has 0 unspecified atom stereocenters. The fourth-order valence-electron chi connectivity index (χ4n) is 4.34. The molecule has 3 heteroatoms. The second-order valence-electron chi connectivity index (χ2n) is 8.02. The zero-order valence-corrected chi connectivity index (χ0v) is 15.2. The number of amides is 1. The van der Waals surface area contributed by atoms with E-state index < -0.39 is 0 Å². The van der Waals surface area contributed by atoms with E-state index in [0.717, 1.165) is 45.4 Å². The Kier molecular flexibility index (Phi) is 5.60. The average molecular weight is 329 g/mol. The molecule has 132 valence electrons. The van der Waals surface area contributed by atoms with Crippen molar-refractivity contribution in [1.29, 1.82) is 0 Å². The van der Waals surface area contributed by atoms with Gasteiger partial charge in [0.1, 0.15) is 0 Å². The summed E-state index contributed by atoms with van der Waals surface area (Å²) in [6, 6.07) is 10.6. The summed E-state index contributed by atoms with van der Waals surface area (Å²) in [4.78, 5) is 15.0. The SMILES string of the molecule is CC1(C)C[C@H]([C@H](CC(=O)N2CCCCC2)c2ccccc2)CCO1. The van der Waals surface area contributed by atoms with Gasteiger partial charge in [0, 0.05) is 26.1 Å². The van der Waals surface area contributed by atoms with Crippen LogP contribution in [0.2, 0.25) is 0 Å². The lowest BCUT2D eigenvalue weighted by Crippen LogP contribution is -2.39. The predicted molar refractivity (Wildman–Crippen MR) is 97.0 cm³/mol. The minimum Gasteiger partial charge on any atom is -0.376 e. The summed E-state index contributed by atoms with van der Waals surface area (Å²) >= 11 is 0. The van der Waals surface area contributed by atoms with E-state index in [2.05, 4.69) is 49.1 Å². The average Bonchev–Trinajstić information content (AvgIpc) is 2.60. The van der Waals surface area contributed by atoms with E-state index in [1.807, 2.05) is 0 Å². The number of carbonyl (C=O) groups excluding carboxylic acids is 1. The van der Waals surface area contributed by atoms with E-state index in [0.29, 0.717) is 24.2 Å². The summed E-state index contributed by atoms with van der Waals surface area (Å²) in [5, 5.41) is 0. The van der Waals surface area contributed by atoms with Crippen molar-refractivity contribution in [2.75, 3.05) is 19.7 Å². The third kappa shape index (κ3) is 4.38. The Morgan fingerprint density at radius 1 is 1.21 bits per heavy atom. The van der Waals surface area contributed by atoms with E-state index in [4.69, 9.17) is 4.74 Å². The van der Waals surface area contributed by atoms with E-state index >= 15 is 0 Å². The van der Waals surface area contributed by atoms with Gasteiger partial charge in [0.15, 0.2) is 0 Å². The van der Waals surface area contributed by atoms with Gasteiger partial charge in [-0.1, -0.05) is 30.3 Å². The van der Waals surface area contributed by atoms with Gasteiger partial charge in [0.05, 0.1) is 5.60 Å². The first-order valence-corrected chi connectivity index (χ1v) is 9.52. The Bertz CT molecular complexity index is 534. The molecule has 0 spiro atoms. The molecular weight excluding hydrogens is 298 g/mol. The summed E-state index contributed by atoms with van der Waals surface area (Å²) in [7, 11) is 0. The first-order valence-electron chi connectivity index (χ1n) is 9.52. The molecule has 3 rings (SSSR count). The smallest absolute Gasteiger partial charge is 0.223 e. The fourth-order valence-corrected chi connectivity index (χ4v) is 4.34. The quantitative estimate of drug-likeness (QED) is 0.820. The molecule has 0 radical (unpaired) electrons. The normalized spacial score (nSPS) is 25.2. The van der Waals surface area contributed by atoms with E-state index in [1.54, 1.807) is 0 Å². The van der Waals surface area contributed by atoms with Crippen LogP contribution < -0.4 is 0 Å². The summed E-state index contributed by atoms with van der Waals surface area (Å²) in [6.45, 7) is 7.04. The van der Waals surface area contributed by atoms with Gasteiger partial charge in [0.2, 0.25) is 5.91 Å². The van der Waals surface area contributed by atoms with Crippen LogP contribution in [0.15, 0.2) is 30.3 Å². The van der Waals surface area contributed by atoms with Crippen LogP contribution in [0.5, 0.6) is 0 Å². The Morgan fingerprint density at radius 2 is 1.92 bits per heavy atom. The van der Waals surface area contributed by atoms with Crippen LogP contribution in [0.4, 0.5) is 0 Å². The van der Waals surface area contributed by atoms with Crippen molar-refractivity contribution in [2.24, 2.45) is 5.92 Å². The zero-order chi connectivity index (χ0) is 17.0. The molecule has 0 N–H and O–H groups in total. The first kappa shape index (κ1) is 17.5. The molecule has 0 aliphatic carbocycles. The predicted octanol–water partition coefficient (Wildman–Crippen LogP) is 4.38. The lowest BCUT2D eigenvalue weighted by Gasteiger charge is -2.40. The molecule has 1 amide bonds. The van der Waals surface area contributed by atoms with Crippen molar-refractivity contribution < 1.29 is 9.53 Å². The molecule has 3 nitrogen and oxygen atoms in total. The van der Waals surface area contributed by atoms with Gasteiger partial charge in [-0.2, -0.15) is 0 Å². The van der Waals surface area contributed by atoms with Crippen LogP contribution in [0.1, 0.15) is 63.9 Å². The number of rotatable bonds is 4. The van der Waals surface area contributed by atoms with E-state index in [-0.39, 0.29) is 5.60 Å². The molecule has 0 bridgehead atoms. The Balaban J connectivity index is 1.76. The number of benzene rings is 1. The minimum absolute atomic E-state index is 0.0792. The summed E-state index contributed by atoms with van der Waals surface area (Å²) < 4.78 is 5.91. The largest absolute Gasteiger partial charge is 0.376 e. The van der Waals surface area contributed by atoms with Crippen LogP contribution >= 0.6 is 0 Å². The minimum atomic E-state index is -0.0792. The zero-order valence-electron chi connectivity index (χ0n) is 15.2. The standard InChI is InChI=1S/C21H31NO2/c1-21(2)16-18(11-14-24-21)19(17-9-5-3-6-10-17)15-20(23)22-12-7-4-8-13-22/h3,5-6,9-10,18-19H,4,7-8,11-16H2,1-2H3/t18-,19-/m1/s1. The number of hydrogen-bond acceptors (Lipinski definition) is 2. The molecule has 1 aromatic carbocycles. The van der Waals surface area contributed by atoms with Crippen LogP contribution in [0.25, 0.3) is 0 Å². The van der Waals surface area contributed by atoms with Crippen LogP contribution in [0, 0.1) is 5.92 Å². The van der Waals surface area contributed by atoms with Gasteiger partial charge in [-0.05, 0) is 63.4 Å². The molecule has 2 heterocycles. The number of hydrogen-bond donors (Lipinski definition) is 0. The highest BCUT2D eigenvalue weighted by atomic mass is 16.5. The topological polar surface area (TPSA) is 29.5 Å². The highest BCUT2D eigenvalue weighted by Gasteiger charge is 2.35. The molecule has 2 fully saturated rings. The van der Waals surface area contributed by atoms with Gasteiger partial charge < -0.3 is 9.64 Å². The lowest BCUT2D eigenvalue weighted by atomic mass is 9.75. The second-order valence-corrected chi connectivity index (χ2v) is 8.02. The number of ether oxygens (including phenoxy) is 1. The molecule has 2 atom stereocenters. The fraction of sp³-hybridized carbons (Fsp3) is 0.667. The third-order valence-electron chi connectivity index (χ3n) is 5.64. The number of likely N-dealkylation sites (tertiary alicyclic amines) is 1. The summed E-state index contributed by atoms with van der Waals surface area (Å²) in [5.74, 6) is 1.17. The monoisotopic (exact) mass is 329 g/mol. The van der Waals surface area contributed by atoms with Crippen molar-refractivity contribution in [3.8, 4) is 0 Å².